The number of oxazole rings is 1. The van der Waals surface area contributed by atoms with E-state index in [2.05, 4.69) is 4.98 Å². The van der Waals surface area contributed by atoms with Gasteiger partial charge in [0.1, 0.15) is 12.0 Å². The summed E-state index contributed by atoms with van der Waals surface area (Å²) in [6.45, 7) is 7.69. The Morgan fingerprint density at radius 3 is 2.18 bits per heavy atom. The highest BCUT2D eigenvalue weighted by Crippen LogP contribution is 2.24. The second kappa shape index (κ2) is 6.22. The predicted molar refractivity (Wildman–Crippen MR) is 85.9 cm³/mol. The zero-order valence-electron chi connectivity index (χ0n) is 13.6. The number of nitrogens with zero attached hydrogens (tertiary/aromatic N) is 2. The van der Waals surface area contributed by atoms with Gasteiger partial charge in [0.2, 0.25) is 10.0 Å². The van der Waals surface area contributed by atoms with E-state index in [1.165, 1.54) is 4.31 Å². The van der Waals surface area contributed by atoms with Crippen molar-refractivity contribution in [3.8, 4) is 11.3 Å². The summed E-state index contributed by atoms with van der Waals surface area (Å²) in [7, 11) is -1.87. The van der Waals surface area contributed by atoms with Crippen LogP contribution < -0.4 is 0 Å². The van der Waals surface area contributed by atoms with Gasteiger partial charge in [0.15, 0.2) is 5.89 Å². The number of rotatable bonds is 5. The number of hydrogen-bond acceptors (Lipinski definition) is 4. The van der Waals surface area contributed by atoms with E-state index >= 15 is 0 Å². The van der Waals surface area contributed by atoms with Crippen molar-refractivity contribution in [3.05, 3.63) is 36.4 Å². The largest absolute Gasteiger partial charge is 0.449 e. The average molecular weight is 322 g/mol. The van der Waals surface area contributed by atoms with Crippen LogP contribution in [0, 0.1) is 12.8 Å². The van der Waals surface area contributed by atoms with E-state index in [0.717, 1.165) is 5.56 Å². The lowest BCUT2D eigenvalue weighted by Crippen LogP contribution is -2.38. The smallest absolute Gasteiger partial charge is 0.243 e. The molecular weight excluding hydrogens is 300 g/mol. The first-order chi connectivity index (χ1) is 10.2. The Morgan fingerprint density at radius 1 is 1.14 bits per heavy atom. The standard InChI is InChI=1S/C16H22N2O3S/c1-11(2)12(3)18(5)22(19,20)15-8-6-14(7-9-15)16-10-21-13(4)17-16/h6-12H,1-5H3/t12-/m0/s1. The summed E-state index contributed by atoms with van der Waals surface area (Å²) in [5.74, 6) is 0.828. The number of hydrogen-bond donors (Lipinski definition) is 0. The van der Waals surface area contributed by atoms with Crippen LogP contribution in [-0.4, -0.2) is 30.8 Å². The highest BCUT2D eigenvalue weighted by molar-refractivity contribution is 7.89. The fourth-order valence-electron chi connectivity index (χ4n) is 2.10. The van der Waals surface area contributed by atoms with Gasteiger partial charge in [-0.3, -0.25) is 0 Å². The van der Waals surface area contributed by atoms with Crippen molar-refractivity contribution in [1.29, 1.82) is 0 Å². The quantitative estimate of drug-likeness (QED) is 0.847. The Bertz CT molecular complexity index is 733. The van der Waals surface area contributed by atoms with Gasteiger partial charge in [0.25, 0.3) is 0 Å². The van der Waals surface area contributed by atoms with Gasteiger partial charge in [-0.25, -0.2) is 13.4 Å². The predicted octanol–water partition coefficient (Wildman–Crippen LogP) is 3.32. The summed E-state index contributed by atoms with van der Waals surface area (Å²) in [6, 6.07) is 6.65. The Labute approximate surface area is 132 Å². The number of aromatic nitrogens is 1. The molecule has 22 heavy (non-hydrogen) atoms. The molecule has 1 aromatic heterocycles. The molecule has 0 aliphatic heterocycles. The molecule has 0 amide bonds. The maximum Gasteiger partial charge on any atom is 0.243 e. The monoisotopic (exact) mass is 322 g/mol. The van der Waals surface area contributed by atoms with Crippen molar-refractivity contribution in [3.63, 3.8) is 0 Å². The minimum absolute atomic E-state index is 0.0668. The van der Waals surface area contributed by atoms with Gasteiger partial charge in [-0.15, -0.1) is 0 Å². The third-order valence-corrected chi connectivity index (χ3v) is 5.94. The minimum Gasteiger partial charge on any atom is -0.449 e. The number of benzene rings is 1. The van der Waals surface area contributed by atoms with E-state index < -0.39 is 10.0 Å². The SMILES string of the molecule is Cc1nc(-c2ccc(S(=O)(=O)N(C)[C@@H](C)C(C)C)cc2)co1. The lowest BCUT2D eigenvalue weighted by atomic mass is 10.1. The first-order valence-corrected chi connectivity index (χ1v) is 8.68. The summed E-state index contributed by atoms with van der Waals surface area (Å²) in [5, 5.41) is 0. The Kier molecular flexibility index (Phi) is 4.72. The van der Waals surface area contributed by atoms with E-state index in [4.69, 9.17) is 4.42 Å². The molecule has 120 valence electrons. The molecule has 0 fully saturated rings. The molecule has 1 atom stereocenters. The Balaban J connectivity index is 2.29. The second-order valence-corrected chi connectivity index (χ2v) is 7.78. The van der Waals surface area contributed by atoms with Crippen molar-refractivity contribution < 1.29 is 12.8 Å². The fraction of sp³-hybridized carbons (Fsp3) is 0.438. The van der Waals surface area contributed by atoms with Crippen molar-refractivity contribution >= 4 is 10.0 Å². The molecule has 0 aliphatic carbocycles. The molecule has 5 nitrogen and oxygen atoms in total. The Hall–Kier alpha value is -1.66. The molecule has 0 unspecified atom stereocenters. The lowest BCUT2D eigenvalue weighted by Gasteiger charge is -2.27. The second-order valence-electron chi connectivity index (χ2n) is 5.78. The van der Waals surface area contributed by atoms with Crippen molar-refractivity contribution in [2.75, 3.05) is 7.05 Å². The van der Waals surface area contributed by atoms with Gasteiger partial charge < -0.3 is 4.42 Å². The molecule has 0 saturated carbocycles. The topological polar surface area (TPSA) is 63.4 Å². The molecule has 0 saturated heterocycles. The summed E-state index contributed by atoms with van der Waals surface area (Å²) in [5.41, 5.74) is 1.53. The van der Waals surface area contributed by atoms with Crippen LogP contribution in [0.1, 0.15) is 26.7 Å². The molecule has 0 N–H and O–H groups in total. The molecule has 2 aromatic rings. The van der Waals surface area contributed by atoms with Crippen LogP contribution in [0.3, 0.4) is 0 Å². The summed E-state index contributed by atoms with van der Waals surface area (Å²) < 4.78 is 31.8. The van der Waals surface area contributed by atoms with Crippen LogP contribution in [-0.2, 0) is 10.0 Å². The average Bonchev–Trinajstić information content (AvgIpc) is 2.92. The molecule has 0 radical (unpaired) electrons. The van der Waals surface area contributed by atoms with Crippen LogP contribution in [0.4, 0.5) is 0 Å². The van der Waals surface area contributed by atoms with E-state index in [9.17, 15) is 8.42 Å². The molecule has 0 spiro atoms. The maximum atomic E-state index is 12.6. The number of sulfonamides is 1. The van der Waals surface area contributed by atoms with E-state index in [-0.39, 0.29) is 16.9 Å². The first kappa shape index (κ1) is 16.7. The third-order valence-electron chi connectivity index (χ3n) is 3.98. The van der Waals surface area contributed by atoms with E-state index in [1.54, 1.807) is 44.5 Å². The zero-order valence-corrected chi connectivity index (χ0v) is 14.4. The van der Waals surface area contributed by atoms with Crippen molar-refractivity contribution in [2.45, 2.75) is 38.6 Å². The third kappa shape index (κ3) is 3.23. The van der Waals surface area contributed by atoms with Gasteiger partial charge in [0.05, 0.1) is 4.90 Å². The molecule has 0 bridgehead atoms. The lowest BCUT2D eigenvalue weighted by molar-refractivity contribution is 0.316. The normalized spacial score (nSPS) is 13.8. The highest BCUT2D eigenvalue weighted by Gasteiger charge is 2.26. The van der Waals surface area contributed by atoms with Crippen molar-refractivity contribution in [1.82, 2.24) is 9.29 Å². The van der Waals surface area contributed by atoms with Gasteiger partial charge >= 0.3 is 0 Å². The fourth-order valence-corrected chi connectivity index (χ4v) is 3.59. The molecular formula is C16H22N2O3S. The van der Waals surface area contributed by atoms with Crippen LogP contribution in [0.2, 0.25) is 0 Å². The van der Waals surface area contributed by atoms with Crippen molar-refractivity contribution in [2.24, 2.45) is 5.92 Å². The minimum atomic E-state index is -3.49. The van der Waals surface area contributed by atoms with E-state index in [0.29, 0.717) is 11.6 Å². The summed E-state index contributed by atoms with van der Waals surface area (Å²) in [4.78, 5) is 4.52. The van der Waals surface area contributed by atoms with E-state index in [1.807, 2.05) is 20.8 Å². The van der Waals surface area contributed by atoms with Gasteiger partial charge in [-0.05, 0) is 25.0 Å². The van der Waals surface area contributed by atoms with Gasteiger partial charge in [-0.2, -0.15) is 4.31 Å². The van der Waals surface area contributed by atoms with Gasteiger partial charge in [0, 0.05) is 25.6 Å². The molecule has 2 rings (SSSR count). The van der Waals surface area contributed by atoms with Gasteiger partial charge in [-0.1, -0.05) is 26.0 Å². The van der Waals surface area contributed by atoms with Crippen LogP contribution in [0.15, 0.2) is 39.8 Å². The maximum absolute atomic E-state index is 12.6. The van der Waals surface area contributed by atoms with Crippen LogP contribution >= 0.6 is 0 Å². The zero-order chi connectivity index (χ0) is 16.5. The summed E-state index contributed by atoms with van der Waals surface area (Å²) in [6.07, 6.45) is 1.56. The summed E-state index contributed by atoms with van der Waals surface area (Å²) >= 11 is 0. The number of aryl methyl sites for hydroxylation is 1. The van der Waals surface area contributed by atoms with Crippen LogP contribution in [0.25, 0.3) is 11.3 Å². The highest BCUT2D eigenvalue weighted by atomic mass is 32.2. The molecule has 6 heteroatoms. The molecule has 1 heterocycles. The van der Waals surface area contributed by atoms with Crippen LogP contribution in [0.5, 0.6) is 0 Å². The first-order valence-electron chi connectivity index (χ1n) is 7.24. The Morgan fingerprint density at radius 2 is 1.73 bits per heavy atom. The molecule has 1 aromatic carbocycles. The molecule has 0 aliphatic rings.